The van der Waals surface area contributed by atoms with Crippen LogP contribution in [0.2, 0.25) is 0 Å². The fraction of sp³-hybridized carbons (Fsp3) is 0.417. The van der Waals surface area contributed by atoms with Gasteiger partial charge in [0.15, 0.2) is 0 Å². The van der Waals surface area contributed by atoms with Crippen molar-refractivity contribution >= 4 is 21.8 Å². The number of aromatic nitrogens is 1. The lowest BCUT2D eigenvalue weighted by atomic mass is 10.1. The molecule has 4 nitrogen and oxygen atoms in total. The third-order valence-electron chi connectivity index (χ3n) is 2.41. The van der Waals surface area contributed by atoms with Crippen LogP contribution < -0.4 is 5.32 Å². The molecule has 0 spiro atoms. The zero-order chi connectivity index (χ0) is 12.7. The average Bonchev–Trinajstić information content (AvgIpc) is 2.38. The summed E-state index contributed by atoms with van der Waals surface area (Å²) in [5, 5.41) is 12.4. The van der Waals surface area contributed by atoms with Crippen molar-refractivity contribution in [2.75, 3.05) is 5.33 Å². The first-order chi connectivity index (χ1) is 8.21. The molecule has 0 radical (unpaired) electrons. The molecule has 1 unspecified atom stereocenters. The van der Waals surface area contributed by atoms with Crippen LogP contribution in [-0.4, -0.2) is 22.3 Å². The van der Waals surface area contributed by atoms with Gasteiger partial charge in [-0.25, -0.2) is 4.98 Å². The molecule has 17 heavy (non-hydrogen) atoms. The number of nitrogens with one attached hydrogen (secondary N) is 1. The van der Waals surface area contributed by atoms with Gasteiger partial charge in [-0.2, -0.15) is 5.26 Å². The maximum Gasteiger partial charge on any atom is 0.270 e. The van der Waals surface area contributed by atoms with Gasteiger partial charge in [0.05, 0.1) is 5.56 Å². The highest BCUT2D eigenvalue weighted by Crippen LogP contribution is 2.04. The summed E-state index contributed by atoms with van der Waals surface area (Å²) in [6.07, 6.45) is 3.17. The van der Waals surface area contributed by atoms with E-state index in [1.807, 2.05) is 13.0 Å². The lowest BCUT2D eigenvalue weighted by molar-refractivity contribution is 0.0930. The van der Waals surface area contributed by atoms with Crippen molar-refractivity contribution in [2.24, 2.45) is 0 Å². The van der Waals surface area contributed by atoms with E-state index in [4.69, 9.17) is 5.26 Å². The minimum atomic E-state index is -0.192. The predicted molar refractivity (Wildman–Crippen MR) is 68.9 cm³/mol. The lowest BCUT2D eigenvalue weighted by Crippen LogP contribution is -2.35. The molecule has 0 bridgehead atoms. The van der Waals surface area contributed by atoms with E-state index in [0.717, 1.165) is 18.2 Å². The summed E-state index contributed by atoms with van der Waals surface area (Å²) in [4.78, 5) is 15.8. The number of nitriles is 1. The molecule has 1 aromatic rings. The number of carbonyl (C=O) groups is 1. The standard InChI is InChI=1S/C12H14BrN3O/c1-2-10(5-6-13)16-12(17)11-4-3-9(7-14)8-15-11/h3-4,8,10H,2,5-6H2,1H3,(H,16,17). The van der Waals surface area contributed by atoms with Crippen molar-refractivity contribution in [3.05, 3.63) is 29.6 Å². The number of rotatable bonds is 5. The Labute approximate surface area is 109 Å². The van der Waals surface area contributed by atoms with Crippen molar-refractivity contribution in [3.8, 4) is 6.07 Å². The molecule has 1 N–H and O–H groups in total. The summed E-state index contributed by atoms with van der Waals surface area (Å²) in [6.45, 7) is 2.03. The van der Waals surface area contributed by atoms with Crippen molar-refractivity contribution in [1.29, 1.82) is 5.26 Å². The summed E-state index contributed by atoms with van der Waals surface area (Å²) < 4.78 is 0. The third-order valence-corrected chi connectivity index (χ3v) is 2.87. The normalized spacial score (nSPS) is 11.6. The second-order valence-corrected chi connectivity index (χ2v) is 4.39. The molecule has 0 fully saturated rings. The maximum atomic E-state index is 11.8. The van der Waals surface area contributed by atoms with Crippen LogP contribution >= 0.6 is 15.9 Å². The summed E-state index contributed by atoms with van der Waals surface area (Å²) in [5.74, 6) is -0.192. The second-order valence-electron chi connectivity index (χ2n) is 3.60. The minimum Gasteiger partial charge on any atom is -0.348 e. The number of hydrogen-bond acceptors (Lipinski definition) is 3. The molecule has 1 aromatic heterocycles. The van der Waals surface area contributed by atoms with Gasteiger partial charge in [0.2, 0.25) is 0 Å². The van der Waals surface area contributed by atoms with E-state index >= 15 is 0 Å². The molecule has 1 heterocycles. The van der Waals surface area contributed by atoms with E-state index < -0.39 is 0 Å². The Morgan fingerprint density at radius 2 is 2.41 bits per heavy atom. The number of halogens is 1. The minimum absolute atomic E-state index is 0.152. The quantitative estimate of drug-likeness (QED) is 0.847. The summed E-state index contributed by atoms with van der Waals surface area (Å²) in [7, 11) is 0. The third kappa shape index (κ3) is 4.16. The van der Waals surface area contributed by atoms with Gasteiger partial charge in [0.25, 0.3) is 5.91 Å². The molecular formula is C12H14BrN3O. The molecule has 0 saturated heterocycles. The lowest BCUT2D eigenvalue weighted by Gasteiger charge is -2.15. The molecule has 1 atom stereocenters. The molecule has 0 saturated carbocycles. The van der Waals surface area contributed by atoms with Crippen molar-refractivity contribution in [1.82, 2.24) is 10.3 Å². The number of amides is 1. The van der Waals surface area contributed by atoms with Crippen LogP contribution in [-0.2, 0) is 0 Å². The number of carbonyl (C=O) groups excluding carboxylic acids is 1. The summed E-state index contributed by atoms with van der Waals surface area (Å²) in [5.41, 5.74) is 0.797. The van der Waals surface area contributed by atoms with Crippen molar-refractivity contribution in [3.63, 3.8) is 0 Å². The largest absolute Gasteiger partial charge is 0.348 e. The van der Waals surface area contributed by atoms with E-state index in [1.165, 1.54) is 6.20 Å². The second kappa shape index (κ2) is 7.02. The smallest absolute Gasteiger partial charge is 0.270 e. The molecule has 1 rings (SSSR count). The predicted octanol–water partition coefficient (Wildman–Crippen LogP) is 2.25. The maximum absolute atomic E-state index is 11.8. The Kier molecular flexibility index (Phi) is 5.64. The van der Waals surface area contributed by atoms with Crippen LogP contribution in [0.5, 0.6) is 0 Å². The van der Waals surface area contributed by atoms with Crippen LogP contribution in [0.25, 0.3) is 0 Å². The molecular weight excluding hydrogens is 282 g/mol. The highest BCUT2D eigenvalue weighted by molar-refractivity contribution is 9.09. The highest BCUT2D eigenvalue weighted by atomic mass is 79.9. The summed E-state index contributed by atoms with van der Waals surface area (Å²) in [6, 6.07) is 5.27. The van der Waals surface area contributed by atoms with Crippen LogP contribution in [0.15, 0.2) is 18.3 Å². The van der Waals surface area contributed by atoms with Crippen LogP contribution in [0.1, 0.15) is 35.8 Å². The molecule has 0 aliphatic heterocycles. The van der Waals surface area contributed by atoms with Gasteiger partial charge < -0.3 is 5.32 Å². The van der Waals surface area contributed by atoms with E-state index in [9.17, 15) is 4.79 Å². The van der Waals surface area contributed by atoms with Gasteiger partial charge in [-0.15, -0.1) is 0 Å². The number of hydrogen-bond donors (Lipinski definition) is 1. The van der Waals surface area contributed by atoms with Gasteiger partial charge in [-0.1, -0.05) is 22.9 Å². The van der Waals surface area contributed by atoms with E-state index in [-0.39, 0.29) is 11.9 Å². The molecule has 90 valence electrons. The van der Waals surface area contributed by atoms with Crippen LogP contribution in [0, 0.1) is 11.3 Å². The number of nitrogens with zero attached hydrogens (tertiary/aromatic N) is 2. The zero-order valence-electron chi connectivity index (χ0n) is 9.61. The average molecular weight is 296 g/mol. The van der Waals surface area contributed by atoms with Crippen LogP contribution in [0.3, 0.4) is 0 Å². The Balaban J connectivity index is 2.66. The Morgan fingerprint density at radius 3 is 2.88 bits per heavy atom. The Bertz CT molecular complexity index is 411. The molecule has 0 aliphatic rings. The first-order valence-corrected chi connectivity index (χ1v) is 6.56. The van der Waals surface area contributed by atoms with Gasteiger partial charge >= 0.3 is 0 Å². The fourth-order valence-electron chi connectivity index (χ4n) is 1.36. The monoisotopic (exact) mass is 295 g/mol. The molecule has 0 aromatic carbocycles. The Morgan fingerprint density at radius 1 is 1.65 bits per heavy atom. The molecule has 5 heteroatoms. The van der Waals surface area contributed by atoms with Crippen LogP contribution in [0.4, 0.5) is 0 Å². The van der Waals surface area contributed by atoms with Crippen molar-refractivity contribution in [2.45, 2.75) is 25.8 Å². The van der Waals surface area contributed by atoms with Gasteiger partial charge in [0.1, 0.15) is 11.8 Å². The van der Waals surface area contributed by atoms with Gasteiger partial charge in [0, 0.05) is 17.6 Å². The molecule has 0 aliphatic carbocycles. The van der Waals surface area contributed by atoms with Gasteiger partial charge in [-0.05, 0) is 25.0 Å². The SMILES string of the molecule is CCC(CCBr)NC(=O)c1ccc(C#N)cn1. The number of alkyl halides is 1. The Hall–Kier alpha value is -1.41. The fourth-order valence-corrected chi connectivity index (χ4v) is 1.92. The first kappa shape index (κ1) is 13.7. The zero-order valence-corrected chi connectivity index (χ0v) is 11.2. The van der Waals surface area contributed by atoms with E-state index in [0.29, 0.717) is 11.3 Å². The van der Waals surface area contributed by atoms with E-state index in [1.54, 1.807) is 12.1 Å². The number of pyridine rings is 1. The highest BCUT2D eigenvalue weighted by Gasteiger charge is 2.12. The first-order valence-electron chi connectivity index (χ1n) is 5.44. The van der Waals surface area contributed by atoms with Crippen molar-refractivity contribution < 1.29 is 4.79 Å². The topological polar surface area (TPSA) is 65.8 Å². The van der Waals surface area contributed by atoms with Gasteiger partial charge in [-0.3, -0.25) is 4.79 Å². The summed E-state index contributed by atoms with van der Waals surface area (Å²) >= 11 is 3.35. The molecule has 1 amide bonds. The van der Waals surface area contributed by atoms with E-state index in [2.05, 4.69) is 26.2 Å².